The molecule has 1 heterocycles. The average Bonchev–Trinajstić information content (AvgIpc) is 2.05. The zero-order valence-corrected chi connectivity index (χ0v) is 6.24. The monoisotopic (exact) mass is 151 g/mol. The number of rotatable bonds is 2. The van der Waals surface area contributed by atoms with E-state index in [1.165, 1.54) is 6.33 Å². The number of amides is 1. The van der Waals surface area contributed by atoms with Gasteiger partial charge in [-0.3, -0.25) is 4.79 Å². The third-order valence-electron chi connectivity index (χ3n) is 1.34. The van der Waals surface area contributed by atoms with Crippen LogP contribution in [-0.2, 0) is 6.42 Å². The van der Waals surface area contributed by atoms with Crippen LogP contribution in [0.25, 0.3) is 0 Å². The average molecular weight is 151 g/mol. The molecule has 0 aliphatic heterocycles. The van der Waals surface area contributed by atoms with E-state index in [-0.39, 0.29) is 5.69 Å². The smallest absolute Gasteiger partial charge is 0.267 e. The molecule has 1 amide bonds. The van der Waals surface area contributed by atoms with Gasteiger partial charge in [-0.15, -0.1) is 0 Å². The van der Waals surface area contributed by atoms with Gasteiger partial charge in [0, 0.05) is 5.69 Å². The van der Waals surface area contributed by atoms with E-state index in [2.05, 4.69) is 9.97 Å². The van der Waals surface area contributed by atoms with Crippen LogP contribution in [0.2, 0.25) is 0 Å². The summed E-state index contributed by atoms with van der Waals surface area (Å²) in [6.45, 7) is 1.95. The lowest BCUT2D eigenvalue weighted by Gasteiger charge is -1.95. The van der Waals surface area contributed by atoms with Crippen molar-refractivity contribution in [2.75, 3.05) is 0 Å². The van der Waals surface area contributed by atoms with Crippen LogP contribution < -0.4 is 5.73 Å². The van der Waals surface area contributed by atoms with Crippen molar-refractivity contribution in [1.82, 2.24) is 9.97 Å². The number of nitrogens with two attached hydrogens (primary N) is 1. The normalized spacial score (nSPS) is 9.55. The van der Waals surface area contributed by atoms with Gasteiger partial charge in [-0.05, 0) is 12.5 Å². The summed E-state index contributed by atoms with van der Waals surface area (Å²) in [5.41, 5.74) is 6.11. The molecule has 11 heavy (non-hydrogen) atoms. The van der Waals surface area contributed by atoms with Gasteiger partial charge in [-0.1, -0.05) is 6.92 Å². The van der Waals surface area contributed by atoms with Gasteiger partial charge in [0.15, 0.2) is 0 Å². The number of aryl methyl sites for hydroxylation is 1. The predicted octanol–water partition coefficient (Wildman–Crippen LogP) is 0.138. The molecule has 4 nitrogen and oxygen atoms in total. The van der Waals surface area contributed by atoms with Gasteiger partial charge in [-0.25, -0.2) is 9.97 Å². The van der Waals surface area contributed by atoms with Crippen molar-refractivity contribution in [1.29, 1.82) is 0 Å². The fraction of sp³-hybridized carbons (Fsp3) is 0.286. The molecule has 0 atom stereocenters. The molecule has 0 saturated heterocycles. The Morgan fingerprint density at radius 3 is 2.91 bits per heavy atom. The van der Waals surface area contributed by atoms with E-state index in [9.17, 15) is 4.79 Å². The Labute approximate surface area is 64.5 Å². The number of hydrogen-bond acceptors (Lipinski definition) is 3. The maximum absolute atomic E-state index is 10.6. The molecule has 4 heteroatoms. The Kier molecular flexibility index (Phi) is 2.15. The van der Waals surface area contributed by atoms with Gasteiger partial charge in [0.1, 0.15) is 12.0 Å². The zero-order chi connectivity index (χ0) is 8.27. The van der Waals surface area contributed by atoms with E-state index < -0.39 is 5.91 Å². The van der Waals surface area contributed by atoms with Crippen LogP contribution in [0.15, 0.2) is 12.4 Å². The van der Waals surface area contributed by atoms with Crippen LogP contribution in [0.3, 0.4) is 0 Å². The quantitative estimate of drug-likeness (QED) is 0.653. The van der Waals surface area contributed by atoms with Gasteiger partial charge >= 0.3 is 0 Å². The molecule has 0 saturated carbocycles. The first kappa shape index (κ1) is 7.65. The second-order valence-corrected chi connectivity index (χ2v) is 2.11. The summed E-state index contributed by atoms with van der Waals surface area (Å²) >= 11 is 0. The molecule has 0 unspecified atom stereocenters. The number of nitrogens with zero attached hydrogens (tertiary/aromatic N) is 2. The molecule has 0 fully saturated rings. The standard InChI is InChI=1S/C7H9N3O/c1-2-5-3-6(7(8)11)10-4-9-5/h3-4H,2H2,1H3,(H2,8,11). The molecule has 0 radical (unpaired) electrons. The van der Waals surface area contributed by atoms with Crippen molar-refractivity contribution in [2.45, 2.75) is 13.3 Å². The molecule has 0 bridgehead atoms. The molecule has 0 aliphatic rings. The van der Waals surface area contributed by atoms with Gasteiger partial charge in [0.25, 0.3) is 5.91 Å². The Balaban J connectivity index is 3.01. The van der Waals surface area contributed by atoms with Crippen molar-refractivity contribution in [3.05, 3.63) is 23.8 Å². The minimum absolute atomic E-state index is 0.275. The largest absolute Gasteiger partial charge is 0.364 e. The fourth-order valence-electron chi connectivity index (χ4n) is 0.726. The van der Waals surface area contributed by atoms with Crippen molar-refractivity contribution in [3.8, 4) is 0 Å². The van der Waals surface area contributed by atoms with Crippen LogP contribution in [-0.4, -0.2) is 15.9 Å². The van der Waals surface area contributed by atoms with Crippen molar-refractivity contribution in [3.63, 3.8) is 0 Å². The lowest BCUT2D eigenvalue weighted by molar-refractivity contribution is 0.0995. The summed E-state index contributed by atoms with van der Waals surface area (Å²) in [5.74, 6) is -0.512. The highest BCUT2D eigenvalue weighted by atomic mass is 16.1. The minimum Gasteiger partial charge on any atom is -0.364 e. The number of carbonyl (C=O) groups is 1. The summed E-state index contributed by atoms with van der Waals surface area (Å²) in [5, 5.41) is 0. The molecule has 0 aromatic carbocycles. The Morgan fingerprint density at radius 2 is 2.36 bits per heavy atom. The van der Waals surface area contributed by atoms with Crippen LogP contribution in [0.1, 0.15) is 23.1 Å². The number of primary amides is 1. The number of aromatic nitrogens is 2. The fourth-order valence-corrected chi connectivity index (χ4v) is 0.726. The highest BCUT2D eigenvalue weighted by Crippen LogP contribution is 1.97. The first-order valence-electron chi connectivity index (χ1n) is 3.34. The van der Waals surface area contributed by atoms with Crippen molar-refractivity contribution < 1.29 is 4.79 Å². The second kappa shape index (κ2) is 3.09. The van der Waals surface area contributed by atoms with Crippen LogP contribution >= 0.6 is 0 Å². The summed E-state index contributed by atoms with van der Waals surface area (Å²) < 4.78 is 0. The van der Waals surface area contributed by atoms with Crippen LogP contribution in [0.5, 0.6) is 0 Å². The topological polar surface area (TPSA) is 68.9 Å². The lowest BCUT2D eigenvalue weighted by Crippen LogP contribution is -2.13. The molecule has 1 aromatic heterocycles. The molecular weight excluding hydrogens is 142 g/mol. The zero-order valence-electron chi connectivity index (χ0n) is 6.24. The van der Waals surface area contributed by atoms with Crippen molar-refractivity contribution >= 4 is 5.91 Å². The molecule has 58 valence electrons. The van der Waals surface area contributed by atoms with E-state index >= 15 is 0 Å². The van der Waals surface area contributed by atoms with Gasteiger partial charge < -0.3 is 5.73 Å². The second-order valence-electron chi connectivity index (χ2n) is 2.11. The maximum atomic E-state index is 10.6. The number of hydrogen-bond donors (Lipinski definition) is 1. The minimum atomic E-state index is -0.512. The van der Waals surface area contributed by atoms with Gasteiger partial charge in [0.2, 0.25) is 0 Å². The third-order valence-corrected chi connectivity index (χ3v) is 1.34. The van der Waals surface area contributed by atoms with Crippen LogP contribution in [0.4, 0.5) is 0 Å². The number of carbonyl (C=O) groups excluding carboxylic acids is 1. The Bertz CT molecular complexity index is 272. The predicted molar refractivity (Wildman–Crippen MR) is 39.9 cm³/mol. The van der Waals surface area contributed by atoms with Crippen molar-refractivity contribution in [2.24, 2.45) is 5.73 Å². The Morgan fingerprint density at radius 1 is 1.64 bits per heavy atom. The van der Waals surface area contributed by atoms with Gasteiger partial charge in [0.05, 0.1) is 0 Å². The van der Waals surface area contributed by atoms with E-state index in [1.54, 1.807) is 6.07 Å². The highest BCUT2D eigenvalue weighted by molar-refractivity contribution is 5.90. The summed E-state index contributed by atoms with van der Waals surface area (Å²) in [6, 6.07) is 1.60. The summed E-state index contributed by atoms with van der Waals surface area (Å²) in [6.07, 6.45) is 2.13. The molecule has 2 N–H and O–H groups in total. The van der Waals surface area contributed by atoms with Crippen LogP contribution in [0, 0.1) is 0 Å². The van der Waals surface area contributed by atoms with Gasteiger partial charge in [-0.2, -0.15) is 0 Å². The van der Waals surface area contributed by atoms with E-state index in [1.807, 2.05) is 6.92 Å². The highest BCUT2D eigenvalue weighted by Gasteiger charge is 2.01. The van der Waals surface area contributed by atoms with E-state index in [4.69, 9.17) is 5.73 Å². The Hall–Kier alpha value is -1.45. The van der Waals surface area contributed by atoms with E-state index in [0.29, 0.717) is 0 Å². The maximum Gasteiger partial charge on any atom is 0.267 e. The molecule has 1 rings (SSSR count). The SMILES string of the molecule is CCc1cc(C(N)=O)ncn1. The van der Waals surface area contributed by atoms with E-state index in [0.717, 1.165) is 12.1 Å². The first-order chi connectivity index (χ1) is 5.24. The lowest BCUT2D eigenvalue weighted by atomic mass is 10.3. The summed E-state index contributed by atoms with van der Waals surface area (Å²) in [4.78, 5) is 18.2. The molecule has 0 spiro atoms. The summed E-state index contributed by atoms with van der Waals surface area (Å²) in [7, 11) is 0. The first-order valence-corrected chi connectivity index (χ1v) is 3.34. The molecule has 0 aliphatic carbocycles. The molecule has 1 aromatic rings. The third kappa shape index (κ3) is 1.73. The molecular formula is C7H9N3O.